The Morgan fingerprint density at radius 1 is 1.30 bits per heavy atom. The summed E-state index contributed by atoms with van der Waals surface area (Å²) >= 11 is 6.83. The van der Waals surface area contributed by atoms with Crippen LogP contribution in [0.5, 0.6) is 0 Å². The first kappa shape index (κ1) is 8.75. The largest absolute Gasteiger partial charge is 0.459 e. The second kappa shape index (κ2) is 3.88. The molecule has 0 unspecified atom stereocenters. The summed E-state index contributed by atoms with van der Waals surface area (Å²) in [5, 5.41) is 0. The van der Waals surface area contributed by atoms with Crippen molar-refractivity contribution < 1.29 is 0 Å². The molecule has 1 rings (SSSR count). The first-order chi connectivity index (χ1) is 4.70. The van der Waals surface area contributed by atoms with Gasteiger partial charge in [-0.1, -0.05) is 0 Å². The van der Waals surface area contributed by atoms with Gasteiger partial charge in [0.1, 0.15) is 0 Å². The average Bonchev–Trinajstić information content (AvgIpc) is 1.88. The van der Waals surface area contributed by atoms with E-state index in [0.717, 1.165) is 29.3 Å². The van der Waals surface area contributed by atoms with Gasteiger partial charge in [-0.2, -0.15) is 0 Å². The molecule has 58 valence electrons. The van der Waals surface area contributed by atoms with Gasteiger partial charge in [0.15, 0.2) is 0 Å². The second-order valence-corrected chi connectivity index (χ2v) is 5.13. The van der Waals surface area contributed by atoms with Crippen LogP contribution in [0.4, 0.5) is 0 Å². The number of hydrogen-bond acceptors (Lipinski definition) is 1. The van der Waals surface area contributed by atoms with E-state index in [2.05, 4.69) is 43.8 Å². The minimum atomic E-state index is 1.08. The summed E-state index contributed by atoms with van der Waals surface area (Å²) in [4.78, 5) is 2.10. The molecule has 1 fully saturated rings. The monoisotopic (exact) mass is 266 g/mol. The van der Waals surface area contributed by atoms with Crippen LogP contribution in [0, 0.1) is 7.05 Å². The van der Waals surface area contributed by atoms with Crippen molar-refractivity contribution in [3.63, 3.8) is 0 Å². The van der Waals surface area contributed by atoms with Crippen LogP contribution in [0.3, 0.4) is 0 Å². The van der Waals surface area contributed by atoms with E-state index in [0.29, 0.717) is 0 Å². The van der Waals surface area contributed by atoms with Gasteiger partial charge in [0, 0.05) is 0 Å². The number of likely N-dealkylation sites (tertiary alicyclic amines) is 1. The second-order valence-electron chi connectivity index (χ2n) is 2.48. The third-order valence-corrected chi connectivity index (χ3v) is 2.85. The van der Waals surface area contributed by atoms with Crippen molar-refractivity contribution >= 4 is 31.9 Å². The Morgan fingerprint density at radius 2 is 1.80 bits per heavy atom. The van der Waals surface area contributed by atoms with Gasteiger partial charge in [-0.3, -0.25) is 7.05 Å². The molecule has 0 aliphatic carbocycles. The van der Waals surface area contributed by atoms with Crippen LogP contribution in [0.25, 0.3) is 0 Å². The lowest BCUT2D eigenvalue weighted by Gasteiger charge is -2.31. The molecule has 0 saturated carbocycles. The molecule has 3 heteroatoms. The molecular weight excluding hydrogens is 258 g/mol. The van der Waals surface area contributed by atoms with Crippen molar-refractivity contribution in [2.75, 3.05) is 13.1 Å². The van der Waals surface area contributed by atoms with Crippen LogP contribution in [-0.4, -0.2) is 18.0 Å². The molecule has 0 aromatic rings. The lowest BCUT2D eigenvalue weighted by Crippen LogP contribution is -2.24. The third kappa shape index (κ3) is 2.36. The number of halogens is 2. The Bertz CT molecular complexity index is 140. The quantitative estimate of drug-likeness (QED) is 0.610. The summed E-state index contributed by atoms with van der Waals surface area (Å²) in [6, 6.07) is 0. The van der Waals surface area contributed by atoms with Crippen molar-refractivity contribution in [1.82, 2.24) is 4.90 Å². The van der Waals surface area contributed by atoms with E-state index in [9.17, 15) is 0 Å². The van der Waals surface area contributed by atoms with E-state index >= 15 is 0 Å². The van der Waals surface area contributed by atoms with Crippen LogP contribution >= 0.6 is 31.9 Å². The van der Waals surface area contributed by atoms with E-state index in [1.807, 2.05) is 0 Å². The highest BCUT2D eigenvalue weighted by Gasteiger charge is 2.08. The Morgan fingerprint density at radius 3 is 2.20 bits per heavy atom. The zero-order valence-electron chi connectivity index (χ0n) is 5.74. The SMILES string of the molecule is [CH2-]N1CCC(=C(Br)Br)CC1. The maximum absolute atomic E-state index is 3.87. The highest BCUT2D eigenvalue weighted by atomic mass is 79.9. The molecule has 0 aromatic heterocycles. The van der Waals surface area contributed by atoms with Gasteiger partial charge in [0.2, 0.25) is 0 Å². The van der Waals surface area contributed by atoms with E-state index in [4.69, 9.17) is 0 Å². The van der Waals surface area contributed by atoms with E-state index in [1.165, 1.54) is 5.57 Å². The van der Waals surface area contributed by atoms with Gasteiger partial charge in [-0.05, 0) is 63.4 Å². The zero-order chi connectivity index (χ0) is 7.56. The minimum Gasteiger partial charge on any atom is -0.459 e. The molecule has 0 aromatic carbocycles. The highest BCUT2D eigenvalue weighted by molar-refractivity contribution is 9.28. The van der Waals surface area contributed by atoms with Gasteiger partial charge in [0.25, 0.3) is 0 Å². The third-order valence-electron chi connectivity index (χ3n) is 1.73. The van der Waals surface area contributed by atoms with E-state index in [1.54, 1.807) is 0 Å². The van der Waals surface area contributed by atoms with Gasteiger partial charge in [-0.25, -0.2) is 0 Å². The predicted octanol–water partition coefficient (Wildman–Crippen LogP) is 2.88. The summed E-state index contributed by atoms with van der Waals surface area (Å²) in [6.07, 6.45) is 2.27. The van der Waals surface area contributed by atoms with Gasteiger partial charge in [0.05, 0.1) is 3.39 Å². The zero-order valence-corrected chi connectivity index (χ0v) is 8.91. The minimum absolute atomic E-state index is 1.08. The average molecular weight is 268 g/mol. The summed E-state index contributed by atoms with van der Waals surface area (Å²) in [5.74, 6) is 0. The maximum atomic E-state index is 3.87. The lowest BCUT2D eigenvalue weighted by molar-refractivity contribution is 0.345. The standard InChI is InChI=1S/C7H10Br2N/c1-10-4-2-6(3-5-10)7(8)9/h1-5H2/q-1. The number of rotatable bonds is 0. The van der Waals surface area contributed by atoms with Crippen molar-refractivity contribution in [3.05, 3.63) is 16.0 Å². The van der Waals surface area contributed by atoms with Crippen molar-refractivity contribution in [1.29, 1.82) is 0 Å². The molecule has 1 aliphatic rings. The predicted molar refractivity (Wildman–Crippen MR) is 51.0 cm³/mol. The Hall–Kier alpha value is 0.660. The van der Waals surface area contributed by atoms with Crippen LogP contribution in [0.15, 0.2) is 8.96 Å². The highest BCUT2D eigenvalue weighted by Crippen LogP contribution is 2.26. The molecule has 0 atom stereocenters. The molecule has 1 heterocycles. The fourth-order valence-corrected chi connectivity index (χ4v) is 1.80. The van der Waals surface area contributed by atoms with Crippen molar-refractivity contribution in [2.45, 2.75) is 12.8 Å². The van der Waals surface area contributed by atoms with Gasteiger partial charge < -0.3 is 4.90 Å². The fraction of sp³-hybridized carbons (Fsp3) is 0.571. The van der Waals surface area contributed by atoms with Crippen molar-refractivity contribution in [3.8, 4) is 0 Å². The first-order valence-electron chi connectivity index (χ1n) is 3.28. The van der Waals surface area contributed by atoms with E-state index in [-0.39, 0.29) is 0 Å². The van der Waals surface area contributed by atoms with Crippen LogP contribution in [0.2, 0.25) is 0 Å². The van der Waals surface area contributed by atoms with E-state index < -0.39 is 0 Å². The van der Waals surface area contributed by atoms with Gasteiger partial charge >= 0.3 is 0 Å². The summed E-state index contributed by atoms with van der Waals surface area (Å²) < 4.78 is 1.13. The molecule has 0 spiro atoms. The topological polar surface area (TPSA) is 3.24 Å². The smallest absolute Gasteiger partial charge is 0.0597 e. The summed E-state index contributed by atoms with van der Waals surface area (Å²) in [7, 11) is 3.87. The lowest BCUT2D eigenvalue weighted by atomic mass is 10.1. The summed E-state index contributed by atoms with van der Waals surface area (Å²) in [6.45, 7) is 2.16. The number of piperidine rings is 1. The molecule has 0 amide bonds. The molecule has 1 aliphatic heterocycles. The molecule has 1 saturated heterocycles. The summed E-state index contributed by atoms with van der Waals surface area (Å²) in [5.41, 5.74) is 1.47. The van der Waals surface area contributed by atoms with Crippen LogP contribution in [0.1, 0.15) is 12.8 Å². The van der Waals surface area contributed by atoms with Crippen LogP contribution < -0.4 is 0 Å². The Labute approximate surface area is 78.7 Å². The fourth-order valence-electron chi connectivity index (χ4n) is 1.01. The molecule has 0 N–H and O–H groups in total. The van der Waals surface area contributed by atoms with Crippen LogP contribution in [-0.2, 0) is 0 Å². The Balaban J connectivity index is 2.48. The molecule has 0 bridgehead atoms. The first-order valence-corrected chi connectivity index (χ1v) is 4.87. The number of nitrogens with zero attached hydrogens (tertiary/aromatic N) is 1. The van der Waals surface area contributed by atoms with Crippen molar-refractivity contribution in [2.24, 2.45) is 0 Å². The molecule has 10 heavy (non-hydrogen) atoms. The molecular formula is C7H10Br2N-. The molecule has 1 nitrogen and oxygen atoms in total. The normalized spacial score (nSPS) is 21.3. The molecule has 0 radical (unpaired) electrons. The van der Waals surface area contributed by atoms with Gasteiger partial charge in [-0.15, -0.1) is 0 Å². The number of hydrogen-bond donors (Lipinski definition) is 0. The maximum Gasteiger partial charge on any atom is 0.0597 e. The Kier molecular flexibility index (Phi) is 3.40.